The van der Waals surface area contributed by atoms with Crippen LogP contribution < -0.4 is 21.3 Å². The number of rotatable bonds is 24. The average Bonchev–Trinajstić information content (AvgIpc) is 1.45. The molecule has 4 aromatic heterocycles. The van der Waals surface area contributed by atoms with Crippen LogP contribution in [0.4, 0.5) is 34.4 Å². The van der Waals surface area contributed by atoms with E-state index in [-0.39, 0.29) is 63.6 Å². The standard InChI is InChI=1S/C30H40N4O.C29H39N5O3.C27H32N4O2.C27H38N4O2/c1-6-24-20-31-28(32-24)29(35)33-27-14-11-23(19-26(27)22-15-17-30(4,5)18-16-22)21-9-12-25(13-10-21)34(7-2)8-3;1-28(2)12-8-20(9-13-28)23-18-21(29(36)14-10-22(11-15-29)34(4)16-17-37-5)6-7-24(23)32-27(35)26-31-19-25(30-3)33-26;1-26(2)10-8-19(9-11-26)21-13-20(27(33)14-17-4-5-18(12-17)15-27)6-7-22(21)30-25(32)24-29-16-23(28-3)31-24;1-18-17-28-24(29-18)25(32)30-23-7-6-20(27(33)14-10-21(11-15-27)31(4)5)16-22(23)19-8-12-26(2,3)13-9-19/h1,11,14-15,19-21,25H,7-10,12-13,16-18H2,2-5H3,(H,31,32)(H,33,35);6-8,18-19,22,36H,9-17H2,1-2,4-5H3,(H,31,33)(H,32,35);6-8,13,16-18,33H,4-5,9-12,14-15H2,1-2H3,(H,29,31)(H,30,32);6-8,16-17,21,33H,9-15H2,1-5H3,(H,28,29)(H,30,32). The Morgan fingerprint density at radius 3 is 1.19 bits per heavy atom. The number of anilines is 4. The second-order valence-corrected chi connectivity index (χ2v) is 44.1. The van der Waals surface area contributed by atoms with Gasteiger partial charge in [-0.3, -0.25) is 29.1 Å². The molecule has 5 fully saturated rings. The lowest BCUT2D eigenvalue weighted by Gasteiger charge is -2.40. The van der Waals surface area contributed by atoms with Gasteiger partial charge in [0.2, 0.25) is 11.6 Å². The van der Waals surface area contributed by atoms with E-state index in [1.807, 2.05) is 43.3 Å². The van der Waals surface area contributed by atoms with E-state index >= 15 is 0 Å². The minimum absolute atomic E-state index is 0.106. The molecule has 8 aromatic rings. The normalized spacial score (nSPS) is 24.5. The van der Waals surface area contributed by atoms with Gasteiger partial charge < -0.3 is 75.7 Å². The highest BCUT2D eigenvalue weighted by Crippen LogP contribution is 2.54. The number of benzene rings is 4. The molecule has 11 N–H and O–H groups in total. The maximum atomic E-state index is 12.9. The maximum absolute atomic E-state index is 12.9. The molecule has 9 aliphatic rings. The van der Waals surface area contributed by atoms with Crippen LogP contribution in [0.5, 0.6) is 0 Å². The largest absolute Gasteiger partial charge is 0.385 e. The highest BCUT2D eigenvalue weighted by Gasteiger charge is 2.45. The molecule has 2 bridgehead atoms. The summed E-state index contributed by atoms with van der Waals surface area (Å²) in [4.78, 5) is 93.1. The Morgan fingerprint density at radius 2 is 0.841 bits per heavy atom. The number of aryl methyl sites for hydroxylation is 1. The van der Waals surface area contributed by atoms with E-state index in [0.29, 0.717) is 83.4 Å². The number of terminal acetylenes is 1. The van der Waals surface area contributed by atoms with Gasteiger partial charge in [-0.05, 0) is 347 Å². The van der Waals surface area contributed by atoms with Crippen LogP contribution in [0, 0.1) is 65.9 Å². The third kappa shape index (κ3) is 25.5. The zero-order chi connectivity index (χ0) is 98.7. The van der Waals surface area contributed by atoms with Gasteiger partial charge in [0.05, 0.1) is 42.0 Å². The molecule has 17 rings (SSSR count). The summed E-state index contributed by atoms with van der Waals surface area (Å²) in [6.07, 6.45) is 49.8. The number of carbonyl (C=O) groups excluding carboxylic acids is 4. The summed E-state index contributed by atoms with van der Waals surface area (Å²) in [6.45, 7) is 42.8. The monoisotopic (exact) mass is 1870 g/mol. The van der Waals surface area contributed by atoms with Gasteiger partial charge in [-0.1, -0.05) is 150 Å². The number of ether oxygens (including phenoxy) is 1. The van der Waals surface area contributed by atoms with Crippen molar-refractivity contribution in [2.45, 2.75) is 303 Å². The van der Waals surface area contributed by atoms with Crippen molar-refractivity contribution in [1.82, 2.24) is 54.6 Å². The van der Waals surface area contributed by atoms with Crippen molar-refractivity contribution in [2.24, 2.45) is 33.5 Å². The summed E-state index contributed by atoms with van der Waals surface area (Å²) in [5.41, 5.74) is 16.3. The lowest BCUT2D eigenvalue weighted by Crippen LogP contribution is -2.41. The lowest BCUT2D eigenvalue weighted by atomic mass is 9.72. The SMILES string of the molecule is C#Cc1cnc(C(=O)Nc2ccc(C3CCC(N(CC)CC)CC3)cc2C2=CCC(C)(C)CC2)[nH]1.Cc1cnc(C(=O)Nc2ccc(C3(O)CCC(N(C)C)CC3)cc2C2=CCC(C)(C)CC2)[nH]1.[C-]#[N+]c1cnc(C(=O)Nc2ccc(C3(O)CC4CCC(C4)C3)cc2C2=CCC(C)(C)CC2)[nH]1.[C-]#[N+]c1cnc(C(=O)Nc2ccc(C3(O)CCC(N(C)CCOC)CC3)cc2C2=CCC(C)(C)CC2)[nH]1. The Kier molecular flexibility index (Phi) is 32.8. The van der Waals surface area contributed by atoms with Gasteiger partial charge >= 0.3 is 11.8 Å². The van der Waals surface area contributed by atoms with E-state index in [4.69, 9.17) is 24.3 Å². The summed E-state index contributed by atoms with van der Waals surface area (Å²) in [6, 6.07) is 26.3. The Labute approximate surface area is 818 Å². The zero-order valence-electron chi connectivity index (χ0n) is 84.3. The van der Waals surface area contributed by atoms with E-state index in [9.17, 15) is 34.5 Å². The van der Waals surface area contributed by atoms with Gasteiger partial charge in [-0.15, -0.1) is 6.42 Å². The van der Waals surface area contributed by atoms with Crippen molar-refractivity contribution >= 4 is 80.3 Å². The Bertz CT molecular complexity index is 5900. The van der Waals surface area contributed by atoms with Gasteiger partial charge in [0, 0.05) is 88.7 Å². The predicted octanol–water partition coefficient (Wildman–Crippen LogP) is 23.6. The topological polar surface area (TPSA) is 319 Å². The molecule has 2 unspecified atom stereocenters. The van der Waals surface area contributed by atoms with E-state index in [0.717, 1.165) is 210 Å². The molecule has 0 radical (unpaired) electrons. The van der Waals surface area contributed by atoms with Crippen LogP contribution in [0.15, 0.2) is 122 Å². The van der Waals surface area contributed by atoms with Gasteiger partial charge in [-0.25, -0.2) is 19.9 Å². The Hall–Kier alpha value is -11.2. The molecule has 4 aromatic carbocycles. The van der Waals surface area contributed by atoms with Crippen molar-refractivity contribution in [3.8, 4) is 12.3 Å². The molecular weight excluding hydrogens is 1720 g/mol. The maximum Gasteiger partial charge on any atom is 0.314 e. The first-order valence-corrected chi connectivity index (χ1v) is 50.5. The van der Waals surface area contributed by atoms with Gasteiger partial charge in [0.25, 0.3) is 23.5 Å². The molecule has 138 heavy (non-hydrogen) atoms. The first-order chi connectivity index (χ1) is 65.8. The number of likely N-dealkylation sites (N-methyl/N-ethyl adjacent to an activating group) is 1. The fourth-order valence-electron chi connectivity index (χ4n) is 22.3. The molecule has 4 amide bonds. The number of nitrogens with zero attached hydrogens (tertiary/aromatic N) is 9. The van der Waals surface area contributed by atoms with Crippen molar-refractivity contribution in [3.63, 3.8) is 0 Å². The minimum Gasteiger partial charge on any atom is -0.385 e. The molecule has 25 heteroatoms. The molecule has 734 valence electrons. The average molecular weight is 1870 g/mol. The Morgan fingerprint density at radius 1 is 0.471 bits per heavy atom. The van der Waals surface area contributed by atoms with Crippen LogP contribution in [0.25, 0.3) is 32.0 Å². The second-order valence-electron chi connectivity index (χ2n) is 44.1. The van der Waals surface area contributed by atoms with Crippen LogP contribution in [-0.2, 0) is 21.5 Å². The minimum atomic E-state index is -0.893. The predicted molar refractivity (Wildman–Crippen MR) is 552 cm³/mol. The third-order valence-electron chi connectivity index (χ3n) is 31.6. The number of nitrogens with one attached hydrogen (secondary N) is 8. The summed E-state index contributed by atoms with van der Waals surface area (Å²) >= 11 is 0. The number of imidazole rings is 4. The molecule has 0 spiro atoms. The first kappa shape index (κ1) is 103. The van der Waals surface area contributed by atoms with Crippen molar-refractivity contribution in [1.29, 1.82) is 0 Å². The molecule has 25 nitrogen and oxygen atoms in total. The van der Waals surface area contributed by atoms with Gasteiger partial charge in [0.15, 0.2) is 11.6 Å². The van der Waals surface area contributed by atoms with Crippen LogP contribution in [0.1, 0.15) is 360 Å². The number of methoxy groups -OCH3 is 1. The van der Waals surface area contributed by atoms with Crippen molar-refractivity contribution < 1.29 is 39.2 Å². The number of allylic oxidation sites excluding steroid dienone is 8. The number of aromatic amines is 4. The molecule has 2 atom stereocenters. The molecule has 5 saturated carbocycles. The van der Waals surface area contributed by atoms with Crippen LogP contribution in [0.2, 0.25) is 0 Å². The quantitative estimate of drug-likeness (QED) is 0.0198. The third-order valence-corrected chi connectivity index (χ3v) is 31.6. The second kappa shape index (κ2) is 44.1. The molecule has 4 heterocycles. The number of amides is 4. The highest BCUT2D eigenvalue weighted by molar-refractivity contribution is 6.06. The molecule has 0 aliphatic heterocycles. The molecular formula is C113H149N17O8. The molecule has 9 aliphatic carbocycles. The van der Waals surface area contributed by atoms with Crippen LogP contribution >= 0.6 is 0 Å². The number of hydrogen-bond acceptors (Lipinski definition) is 15. The number of fused-ring (bicyclic) bond motifs is 2. The smallest absolute Gasteiger partial charge is 0.314 e. The summed E-state index contributed by atoms with van der Waals surface area (Å²) in [7, 11) is 8.07. The van der Waals surface area contributed by atoms with E-state index in [1.54, 1.807) is 13.3 Å². The fraction of sp³-hybridized carbons (Fsp3) is 0.540. The number of aliphatic hydroxyl groups is 3. The van der Waals surface area contributed by atoms with E-state index in [1.165, 1.54) is 91.4 Å². The zero-order valence-corrected chi connectivity index (χ0v) is 84.3. The number of H-pyrrole nitrogens is 4. The highest BCUT2D eigenvalue weighted by atomic mass is 16.5. The first-order valence-electron chi connectivity index (χ1n) is 50.5. The van der Waals surface area contributed by atoms with Crippen molar-refractivity contribution in [2.75, 3.05) is 75.8 Å². The fourth-order valence-corrected chi connectivity index (χ4v) is 22.3. The molecule has 0 saturated heterocycles. The number of hydrogen-bond donors (Lipinski definition) is 11. The van der Waals surface area contributed by atoms with Gasteiger partial charge in [-0.2, -0.15) is 0 Å². The van der Waals surface area contributed by atoms with E-state index < -0.39 is 16.8 Å². The van der Waals surface area contributed by atoms with E-state index in [2.05, 4.69) is 243 Å². The summed E-state index contributed by atoms with van der Waals surface area (Å²) < 4.78 is 5.23. The summed E-state index contributed by atoms with van der Waals surface area (Å²) in [5.74, 6) is 4.25. The van der Waals surface area contributed by atoms with Crippen LogP contribution in [0.3, 0.4) is 0 Å². The van der Waals surface area contributed by atoms with Gasteiger partial charge in [0.1, 0.15) is 5.69 Å². The Balaban J connectivity index is 0.000000147. The summed E-state index contributed by atoms with van der Waals surface area (Å²) in [5, 5.41) is 47.1. The number of carbonyl (C=O) groups is 4. The number of aromatic nitrogens is 8. The van der Waals surface area contributed by atoms with Crippen molar-refractivity contribution in [3.05, 3.63) is 224 Å². The van der Waals surface area contributed by atoms with Crippen LogP contribution in [-0.4, -0.2) is 166 Å². The lowest BCUT2D eigenvalue weighted by molar-refractivity contribution is -0.0256.